The van der Waals surface area contributed by atoms with Gasteiger partial charge >= 0.3 is 0 Å². The van der Waals surface area contributed by atoms with Crippen molar-refractivity contribution >= 4 is 10.0 Å². The predicted octanol–water partition coefficient (Wildman–Crippen LogP) is 4.74. The van der Waals surface area contributed by atoms with Crippen molar-refractivity contribution in [3.05, 3.63) is 59.4 Å². The van der Waals surface area contributed by atoms with Gasteiger partial charge in [0, 0.05) is 31.1 Å². The van der Waals surface area contributed by atoms with Crippen molar-refractivity contribution in [2.24, 2.45) is 0 Å². The molecule has 0 fully saturated rings. The van der Waals surface area contributed by atoms with Crippen LogP contribution < -0.4 is 33.3 Å². The zero-order chi connectivity index (χ0) is 27.6. The van der Waals surface area contributed by atoms with E-state index in [1.807, 2.05) is 49.6 Å². The molecule has 0 aliphatic rings. The second kappa shape index (κ2) is 20.7. The third kappa shape index (κ3) is 14.8. The molecule has 0 spiro atoms. The molecular formula is C32H53IN2O3S. The summed E-state index contributed by atoms with van der Waals surface area (Å²) in [6.45, 7) is 8.76. The molecule has 5 nitrogen and oxygen atoms in total. The summed E-state index contributed by atoms with van der Waals surface area (Å²) in [6, 6.07) is 9.95. The van der Waals surface area contributed by atoms with E-state index < -0.39 is 10.0 Å². The van der Waals surface area contributed by atoms with Crippen LogP contribution in [0.5, 0.6) is 5.75 Å². The average molecular weight is 673 g/mol. The molecule has 0 unspecified atom stereocenters. The molecule has 7 heteroatoms. The van der Waals surface area contributed by atoms with Crippen molar-refractivity contribution in [2.75, 3.05) is 12.9 Å². The quantitative estimate of drug-likeness (QED) is 0.110. The van der Waals surface area contributed by atoms with E-state index in [0.717, 1.165) is 41.8 Å². The Hall–Kier alpha value is -1.19. The van der Waals surface area contributed by atoms with Gasteiger partial charge in [-0.25, -0.2) is 13.0 Å². The van der Waals surface area contributed by atoms with Crippen LogP contribution in [0.3, 0.4) is 0 Å². The van der Waals surface area contributed by atoms with Crippen molar-refractivity contribution in [1.29, 1.82) is 0 Å². The monoisotopic (exact) mass is 672 g/mol. The molecular weight excluding hydrogens is 619 g/mol. The number of aryl methyl sites for hydroxylation is 1. The Kier molecular flexibility index (Phi) is 19.0. The van der Waals surface area contributed by atoms with Crippen LogP contribution >= 0.6 is 0 Å². The zero-order valence-electron chi connectivity index (χ0n) is 25.0. The third-order valence-electron chi connectivity index (χ3n) is 7.23. The predicted molar refractivity (Wildman–Crippen MR) is 159 cm³/mol. The van der Waals surface area contributed by atoms with E-state index in [9.17, 15) is 8.42 Å². The first kappa shape index (κ1) is 35.8. The Morgan fingerprint density at radius 1 is 0.795 bits per heavy atom. The van der Waals surface area contributed by atoms with Crippen molar-refractivity contribution in [1.82, 2.24) is 4.31 Å². The summed E-state index contributed by atoms with van der Waals surface area (Å²) >= 11 is 0. The van der Waals surface area contributed by atoms with Crippen LogP contribution in [0.4, 0.5) is 0 Å². The zero-order valence-corrected chi connectivity index (χ0v) is 27.9. The average Bonchev–Trinajstić information content (AvgIpc) is 2.88. The normalized spacial score (nSPS) is 11.5. The Morgan fingerprint density at radius 2 is 1.41 bits per heavy atom. The maximum absolute atomic E-state index is 12.6. The maximum Gasteiger partial charge on any atom is 0.211 e. The molecule has 0 radical (unpaired) electrons. The molecule has 222 valence electrons. The fourth-order valence-corrected chi connectivity index (χ4v) is 5.62. The highest BCUT2D eigenvalue weighted by Crippen LogP contribution is 2.24. The summed E-state index contributed by atoms with van der Waals surface area (Å²) < 4.78 is 35.1. The molecule has 1 heterocycles. The van der Waals surface area contributed by atoms with Gasteiger partial charge in [0.15, 0.2) is 12.4 Å². The summed E-state index contributed by atoms with van der Waals surface area (Å²) in [5.74, 6) is 0.861. The second-order valence-corrected chi connectivity index (χ2v) is 12.7. The molecule has 2 aromatic rings. The van der Waals surface area contributed by atoms with Gasteiger partial charge in [-0.2, -0.15) is 4.31 Å². The lowest BCUT2D eigenvalue weighted by molar-refractivity contribution is -0.697. The van der Waals surface area contributed by atoms with Crippen LogP contribution in [0.2, 0.25) is 0 Å². The van der Waals surface area contributed by atoms with Crippen LogP contribution in [0.1, 0.15) is 114 Å². The molecule has 0 aliphatic heterocycles. The van der Waals surface area contributed by atoms with Gasteiger partial charge in [0.1, 0.15) is 12.3 Å². The minimum atomic E-state index is -3.37. The Morgan fingerprint density at radius 3 is 2.00 bits per heavy atom. The SMILES string of the molecule is CCCCCCCCCCCCCCOc1cccc(CN(Cc2ccc[n+](CCC)c2)S(C)(=O)=O)c1C.[I-]. The molecule has 0 saturated carbocycles. The van der Waals surface area contributed by atoms with Crippen LogP contribution in [-0.4, -0.2) is 25.6 Å². The van der Waals surface area contributed by atoms with E-state index >= 15 is 0 Å². The highest BCUT2D eigenvalue weighted by Gasteiger charge is 2.20. The first-order chi connectivity index (χ1) is 18.3. The summed E-state index contributed by atoms with van der Waals surface area (Å²) in [7, 11) is -3.37. The number of nitrogens with zero attached hydrogens (tertiary/aromatic N) is 2. The third-order valence-corrected chi connectivity index (χ3v) is 8.42. The van der Waals surface area contributed by atoms with E-state index in [-0.39, 0.29) is 24.0 Å². The summed E-state index contributed by atoms with van der Waals surface area (Å²) in [5.41, 5.74) is 3.00. The van der Waals surface area contributed by atoms with Crippen LogP contribution in [0, 0.1) is 6.92 Å². The van der Waals surface area contributed by atoms with Gasteiger partial charge in [-0.05, 0) is 36.6 Å². The van der Waals surface area contributed by atoms with E-state index in [1.54, 1.807) is 4.31 Å². The highest BCUT2D eigenvalue weighted by atomic mass is 127. The van der Waals surface area contributed by atoms with Crippen LogP contribution in [-0.2, 0) is 29.7 Å². The maximum atomic E-state index is 12.6. The van der Waals surface area contributed by atoms with Gasteiger partial charge in [0.2, 0.25) is 10.0 Å². The summed E-state index contributed by atoms with van der Waals surface area (Å²) in [6.07, 6.45) is 22.3. The fourth-order valence-electron chi connectivity index (χ4n) is 4.86. The smallest absolute Gasteiger partial charge is 0.211 e. The Bertz CT molecular complexity index is 1030. The van der Waals surface area contributed by atoms with Crippen molar-refractivity contribution in [3.63, 3.8) is 0 Å². The number of aromatic nitrogens is 1. The molecule has 0 atom stereocenters. The minimum absolute atomic E-state index is 0. The number of hydrogen-bond acceptors (Lipinski definition) is 3. The standard InChI is InChI=1S/C32H53N2O3S.HI/c1-5-7-8-9-10-11-12-13-14-15-16-17-25-37-32-22-18-21-31(29(32)3)28-34(38(4,35)36)27-30-20-19-24-33(26-30)23-6-2;/h18-22,24,26H,5-17,23,25,27-28H2,1-4H3;1H/q+1;/p-1. The minimum Gasteiger partial charge on any atom is -1.00 e. The number of unbranched alkanes of at least 4 members (excludes halogenated alkanes) is 11. The first-order valence-corrected chi connectivity index (χ1v) is 16.8. The lowest BCUT2D eigenvalue weighted by Gasteiger charge is -2.21. The second-order valence-electron chi connectivity index (χ2n) is 10.8. The van der Waals surface area contributed by atoms with Gasteiger partial charge in [-0.3, -0.25) is 0 Å². The molecule has 1 aromatic heterocycles. The number of rotatable bonds is 21. The first-order valence-electron chi connectivity index (χ1n) is 15.0. The van der Waals surface area contributed by atoms with Gasteiger partial charge in [0.05, 0.1) is 12.9 Å². The van der Waals surface area contributed by atoms with Crippen molar-refractivity contribution < 1.29 is 41.7 Å². The number of hydrogen-bond donors (Lipinski definition) is 0. The van der Waals surface area contributed by atoms with Gasteiger partial charge in [-0.1, -0.05) is 96.6 Å². The summed E-state index contributed by atoms with van der Waals surface area (Å²) in [4.78, 5) is 0. The van der Waals surface area contributed by atoms with Crippen LogP contribution in [0.15, 0.2) is 42.7 Å². The molecule has 0 aliphatic carbocycles. The van der Waals surface area contributed by atoms with E-state index in [2.05, 4.69) is 18.4 Å². The molecule has 0 saturated heterocycles. The van der Waals surface area contributed by atoms with Gasteiger partial charge < -0.3 is 28.7 Å². The van der Waals surface area contributed by atoms with Crippen molar-refractivity contribution in [2.45, 2.75) is 124 Å². The number of benzene rings is 1. The molecule has 39 heavy (non-hydrogen) atoms. The molecule has 0 bridgehead atoms. The van der Waals surface area contributed by atoms with Gasteiger partial charge in [0.25, 0.3) is 0 Å². The largest absolute Gasteiger partial charge is 1.00 e. The van der Waals surface area contributed by atoms with Gasteiger partial charge in [-0.15, -0.1) is 0 Å². The molecule has 0 N–H and O–H groups in total. The molecule has 2 rings (SSSR count). The number of sulfonamides is 1. The van der Waals surface area contributed by atoms with Crippen LogP contribution in [0.25, 0.3) is 0 Å². The lowest BCUT2D eigenvalue weighted by atomic mass is 10.1. The topological polar surface area (TPSA) is 50.5 Å². The number of pyridine rings is 1. The molecule has 0 amide bonds. The number of ether oxygens (including phenoxy) is 1. The molecule has 1 aromatic carbocycles. The summed E-state index contributed by atoms with van der Waals surface area (Å²) in [5, 5.41) is 0. The van der Waals surface area contributed by atoms with Crippen molar-refractivity contribution in [3.8, 4) is 5.75 Å². The lowest BCUT2D eigenvalue weighted by Crippen LogP contribution is -3.00. The highest BCUT2D eigenvalue weighted by molar-refractivity contribution is 7.88. The fraction of sp³-hybridized carbons (Fsp3) is 0.656. The Labute approximate surface area is 256 Å². The number of halogens is 1. The van der Waals surface area contributed by atoms with E-state index in [0.29, 0.717) is 19.7 Å². The van der Waals surface area contributed by atoms with E-state index in [1.165, 1.54) is 76.9 Å². The Balaban J connectivity index is 0.00000760. The van der Waals surface area contributed by atoms with E-state index in [4.69, 9.17) is 4.74 Å².